The Kier molecular flexibility index (Phi) is 4.07. The van der Waals surface area contributed by atoms with E-state index in [9.17, 15) is 9.59 Å². The molecule has 18 heavy (non-hydrogen) atoms. The molecule has 0 aliphatic carbocycles. The van der Waals surface area contributed by atoms with Gasteiger partial charge in [0.25, 0.3) is 0 Å². The van der Waals surface area contributed by atoms with Crippen LogP contribution in [0.2, 0.25) is 0 Å². The fourth-order valence-electron chi connectivity index (χ4n) is 1.38. The van der Waals surface area contributed by atoms with Crippen LogP contribution in [-0.4, -0.2) is 22.6 Å². The van der Waals surface area contributed by atoms with Gasteiger partial charge in [-0.2, -0.15) is 0 Å². The lowest BCUT2D eigenvalue weighted by molar-refractivity contribution is -0.113. The van der Waals surface area contributed by atoms with Crippen LogP contribution in [0.3, 0.4) is 0 Å². The van der Waals surface area contributed by atoms with Crippen molar-refractivity contribution in [1.82, 2.24) is 4.98 Å². The van der Waals surface area contributed by atoms with E-state index in [1.54, 1.807) is 35.8 Å². The van der Waals surface area contributed by atoms with E-state index < -0.39 is 0 Å². The topological polar surface area (TPSA) is 59.1 Å². The zero-order chi connectivity index (χ0) is 13.0. The number of hydrogen-bond donors (Lipinski definition) is 1. The molecule has 0 aliphatic rings. The summed E-state index contributed by atoms with van der Waals surface area (Å²) in [5, 5.41) is 4.82. The highest BCUT2D eigenvalue weighted by Gasteiger charge is 2.17. The predicted octanol–water partition coefficient (Wildman–Crippen LogP) is 2.55. The Labute approximate surface area is 113 Å². The maximum Gasteiger partial charge on any atom is 0.239 e. The zero-order valence-electron chi connectivity index (χ0n) is 9.22. The van der Waals surface area contributed by atoms with E-state index in [2.05, 4.69) is 10.3 Å². The van der Waals surface area contributed by atoms with Crippen molar-refractivity contribution in [3.63, 3.8) is 0 Å². The predicted molar refractivity (Wildman–Crippen MR) is 71.3 cm³/mol. The maximum atomic E-state index is 12.2. The third kappa shape index (κ3) is 2.75. The number of thiophene rings is 1. The molecule has 4 nitrogen and oxygen atoms in total. The number of nitrogens with one attached hydrogen (secondary N) is 1. The first-order valence-corrected chi connectivity index (χ1v) is 6.53. The number of pyridine rings is 1. The molecule has 92 valence electrons. The number of carbonyl (C=O) groups excluding carboxylic acids is 2. The van der Waals surface area contributed by atoms with E-state index in [-0.39, 0.29) is 17.6 Å². The molecular formula is C12H9ClN2O2S. The van der Waals surface area contributed by atoms with Crippen LogP contribution in [0.5, 0.6) is 0 Å². The molecule has 0 radical (unpaired) electrons. The molecule has 2 heterocycles. The monoisotopic (exact) mass is 280 g/mol. The average molecular weight is 281 g/mol. The molecule has 2 rings (SSSR count). The number of rotatable bonds is 4. The van der Waals surface area contributed by atoms with Crippen molar-refractivity contribution in [1.29, 1.82) is 0 Å². The summed E-state index contributed by atoms with van der Waals surface area (Å²) in [5.74, 6) is -0.703. The molecule has 2 aromatic rings. The molecule has 0 saturated carbocycles. The Morgan fingerprint density at radius 1 is 1.33 bits per heavy atom. The molecule has 6 heteroatoms. The highest BCUT2D eigenvalue weighted by atomic mass is 35.5. The Morgan fingerprint density at radius 2 is 2.17 bits per heavy atom. The van der Waals surface area contributed by atoms with Crippen LogP contribution in [0.15, 0.2) is 35.8 Å². The number of anilines is 1. The summed E-state index contributed by atoms with van der Waals surface area (Å²) in [4.78, 5) is 27.4. The minimum Gasteiger partial charge on any atom is -0.316 e. The number of alkyl halides is 1. The largest absolute Gasteiger partial charge is 0.316 e. The van der Waals surface area contributed by atoms with Crippen LogP contribution in [0, 0.1) is 0 Å². The third-order valence-electron chi connectivity index (χ3n) is 2.18. The molecule has 0 spiro atoms. The molecule has 0 atom stereocenters. The van der Waals surface area contributed by atoms with Gasteiger partial charge >= 0.3 is 0 Å². The van der Waals surface area contributed by atoms with Crippen LogP contribution < -0.4 is 5.32 Å². The van der Waals surface area contributed by atoms with E-state index in [0.717, 1.165) is 0 Å². The minimum atomic E-state index is -0.339. The third-order valence-corrected chi connectivity index (χ3v) is 3.25. The summed E-state index contributed by atoms with van der Waals surface area (Å²) in [6.45, 7) is 0. The number of hydrogen-bond acceptors (Lipinski definition) is 4. The van der Waals surface area contributed by atoms with Gasteiger partial charge in [0.2, 0.25) is 11.7 Å². The van der Waals surface area contributed by atoms with Gasteiger partial charge in [0.1, 0.15) is 16.6 Å². The number of amides is 1. The quantitative estimate of drug-likeness (QED) is 0.692. The van der Waals surface area contributed by atoms with Crippen molar-refractivity contribution < 1.29 is 9.59 Å². The van der Waals surface area contributed by atoms with Crippen LogP contribution >= 0.6 is 22.9 Å². The van der Waals surface area contributed by atoms with E-state index in [0.29, 0.717) is 16.3 Å². The van der Waals surface area contributed by atoms with Crippen LogP contribution in [-0.2, 0) is 4.79 Å². The Bertz CT molecular complexity index is 568. The summed E-state index contributed by atoms with van der Waals surface area (Å²) in [6, 6.07) is 6.77. The van der Waals surface area contributed by atoms with Crippen LogP contribution in [0.4, 0.5) is 5.00 Å². The highest BCUT2D eigenvalue weighted by Crippen LogP contribution is 2.25. The normalized spacial score (nSPS) is 10.1. The molecule has 0 aromatic carbocycles. The van der Waals surface area contributed by atoms with Gasteiger partial charge in [-0.05, 0) is 23.6 Å². The van der Waals surface area contributed by atoms with Crippen molar-refractivity contribution in [2.45, 2.75) is 0 Å². The van der Waals surface area contributed by atoms with Crippen molar-refractivity contribution >= 4 is 39.6 Å². The van der Waals surface area contributed by atoms with Gasteiger partial charge in [-0.3, -0.25) is 14.6 Å². The lowest BCUT2D eigenvalue weighted by Gasteiger charge is -2.03. The second kappa shape index (κ2) is 5.75. The van der Waals surface area contributed by atoms with E-state index in [4.69, 9.17) is 11.6 Å². The summed E-state index contributed by atoms with van der Waals surface area (Å²) >= 11 is 6.69. The first kappa shape index (κ1) is 12.7. The van der Waals surface area contributed by atoms with Crippen molar-refractivity contribution in [2.24, 2.45) is 0 Å². The van der Waals surface area contributed by atoms with Crippen molar-refractivity contribution in [3.8, 4) is 0 Å². The van der Waals surface area contributed by atoms with Crippen LogP contribution in [0.25, 0.3) is 0 Å². The first-order chi connectivity index (χ1) is 8.72. The van der Waals surface area contributed by atoms with Gasteiger partial charge in [0.05, 0.1) is 5.56 Å². The molecule has 0 saturated heterocycles. The molecule has 1 N–H and O–H groups in total. The summed E-state index contributed by atoms with van der Waals surface area (Å²) in [6.07, 6.45) is 1.55. The number of ketones is 1. The maximum absolute atomic E-state index is 12.2. The van der Waals surface area contributed by atoms with E-state index >= 15 is 0 Å². The van der Waals surface area contributed by atoms with Crippen molar-refractivity contribution in [2.75, 3.05) is 11.2 Å². The molecule has 0 aliphatic heterocycles. The standard InChI is InChI=1S/C12H9ClN2O2S/c13-7-10(16)15-12-8(4-6-18-12)11(17)9-3-1-2-5-14-9/h1-6H,7H2,(H,15,16). The van der Waals surface area contributed by atoms with Gasteiger partial charge in [0, 0.05) is 6.20 Å². The lowest BCUT2D eigenvalue weighted by Crippen LogP contribution is -2.14. The number of nitrogens with zero attached hydrogens (tertiary/aromatic N) is 1. The fraction of sp³-hybridized carbons (Fsp3) is 0.0833. The van der Waals surface area contributed by atoms with Gasteiger partial charge in [-0.25, -0.2) is 0 Å². The number of carbonyl (C=O) groups is 2. The molecule has 1 amide bonds. The summed E-state index contributed by atoms with van der Waals surface area (Å²) < 4.78 is 0. The van der Waals surface area contributed by atoms with Crippen LogP contribution in [0.1, 0.15) is 16.1 Å². The summed E-state index contributed by atoms with van der Waals surface area (Å²) in [5.41, 5.74) is 0.773. The van der Waals surface area contributed by atoms with Gasteiger partial charge in [-0.1, -0.05) is 6.07 Å². The lowest BCUT2D eigenvalue weighted by atomic mass is 10.1. The molecule has 0 unspecified atom stereocenters. The first-order valence-electron chi connectivity index (χ1n) is 5.11. The van der Waals surface area contributed by atoms with Gasteiger partial charge < -0.3 is 5.32 Å². The molecular weight excluding hydrogens is 272 g/mol. The smallest absolute Gasteiger partial charge is 0.239 e. The second-order valence-electron chi connectivity index (χ2n) is 3.39. The Morgan fingerprint density at radius 3 is 2.83 bits per heavy atom. The molecule has 2 aromatic heterocycles. The highest BCUT2D eigenvalue weighted by molar-refractivity contribution is 7.14. The second-order valence-corrected chi connectivity index (χ2v) is 4.57. The molecule has 0 fully saturated rings. The van der Waals surface area contributed by atoms with E-state index in [1.165, 1.54) is 11.3 Å². The Balaban J connectivity index is 2.27. The average Bonchev–Trinajstić information content (AvgIpc) is 2.86. The minimum absolute atomic E-state index is 0.144. The SMILES string of the molecule is O=C(CCl)Nc1sccc1C(=O)c1ccccn1. The van der Waals surface area contributed by atoms with Gasteiger partial charge in [0.15, 0.2) is 0 Å². The number of aromatic nitrogens is 1. The number of halogens is 1. The summed E-state index contributed by atoms with van der Waals surface area (Å²) in [7, 11) is 0. The van der Waals surface area contributed by atoms with E-state index in [1.807, 2.05) is 0 Å². The van der Waals surface area contributed by atoms with Gasteiger partial charge in [-0.15, -0.1) is 22.9 Å². The fourth-order valence-corrected chi connectivity index (χ4v) is 2.25. The Hall–Kier alpha value is -1.72. The van der Waals surface area contributed by atoms with Crippen molar-refractivity contribution in [3.05, 3.63) is 47.1 Å². The molecule has 0 bridgehead atoms. The zero-order valence-corrected chi connectivity index (χ0v) is 10.8.